The van der Waals surface area contributed by atoms with Crippen LogP contribution in [0.1, 0.15) is 26.7 Å². The van der Waals surface area contributed by atoms with Crippen molar-refractivity contribution in [3.05, 3.63) is 0 Å². The number of nitrogens with two attached hydrogens (primary N) is 2. The highest BCUT2D eigenvalue weighted by Crippen LogP contribution is 2.97. The highest BCUT2D eigenvalue weighted by Gasteiger charge is 2.89. The SMILES string of the molecule is CC1C(C2C3C(C)[Si]23CCCNCCN)[Si]1(C)CCCNCCN. The summed E-state index contributed by atoms with van der Waals surface area (Å²) < 4.78 is 0. The van der Waals surface area contributed by atoms with Crippen LogP contribution < -0.4 is 22.1 Å². The van der Waals surface area contributed by atoms with Crippen molar-refractivity contribution in [3.63, 3.8) is 0 Å². The Kier molecular flexibility index (Phi) is 5.94. The summed E-state index contributed by atoms with van der Waals surface area (Å²) in [6.45, 7) is 13.8. The second-order valence-corrected chi connectivity index (χ2v) is 19.1. The second kappa shape index (κ2) is 7.49. The van der Waals surface area contributed by atoms with Crippen LogP contribution in [-0.2, 0) is 0 Å². The Hall–Kier alpha value is 0.274. The van der Waals surface area contributed by atoms with Crippen molar-refractivity contribution in [3.8, 4) is 0 Å². The predicted molar refractivity (Wildman–Crippen MR) is 110 cm³/mol. The van der Waals surface area contributed by atoms with Gasteiger partial charge in [-0.25, -0.2) is 0 Å². The molecule has 0 aromatic carbocycles. The van der Waals surface area contributed by atoms with Gasteiger partial charge in [0.05, 0.1) is 16.1 Å². The van der Waals surface area contributed by atoms with Crippen LogP contribution in [0, 0.1) is 0 Å². The molecule has 3 saturated heterocycles. The lowest BCUT2D eigenvalue weighted by Crippen LogP contribution is -2.25. The first-order chi connectivity index (χ1) is 11.6. The van der Waals surface area contributed by atoms with Crippen molar-refractivity contribution < 1.29 is 0 Å². The van der Waals surface area contributed by atoms with E-state index in [-0.39, 0.29) is 0 Å². The fourth-order valence-electron chi connectivity index (χ4n) is 6.35. The third-order valence-corrected chi connectivity index (χ3v) is 20.9. The summed E-state index contributed by atoms with van der Waals surface area (Å²) in [4.78, 5) is 0. The molecule has 0 amide bonds. The van der Waals surface area contributed by atoms with Crippen LogP contribution in [0.4, 0.5) is 0 Å². The first kappa shape index (κ1) is 19.0. The van der Waals surface area contributed by atoms with Gasteiger partial charge in [0.2, 0.25) is 0 Å². The number of fused-ring (bicyclic) bond motifs is 1. The monoisotopic (exact) mass is 368 g/mol. The lowest BCUT2D eigenvalue weighted by Gasteiger charge is -2.18. The summed E-state index contributed by atoms with van der Waals surface area (Å²) in [7, 11) is -1.71. The maximum absolute atomic E-state index is 5.56. The van der Waals surface area contributed by atoms with Crippen LogP contribution in [0.5, 0.6) is 0 Å². The topological polar surface area (TPSA) is 76.1 Å². The van der Waals surface area contributed by atoms with Gasteiger partial charge in [0, 0.05) is 26.2 Å². The van der Waals surface area contributed by atoms with Gasteiger partial charge in [-0.15, -0.1) is 0 Å². The molecule has 0 aliphatic carbocycles. The molecule has 0 bridgehead atoms. The van der Waals surface area contributed by atoms with E-state index in [0.29, 0.717) is 0 Å². The Morgan fingerprint density at radius 3 is 1.88 bits per heavy atom. The minimum absolute atomic E-state index is 0.767. The van der Waals surface area contributed by atoms with Crippen molar-refractivity contribution in [1.82, 2.24) is 10.6 Å². The molecular weight excluding hydrogens is 328 g/mol. The van der Waals surface area contributed by atoms with Crippen molar-refractivity contribution in [1.29, 1.82) is 0 Å². The molecule has 3 fully saturated rings. The second-order valence-electron chi connectivity index (χ2n) is 9.06. The molecule has 6 heteroatoms. The summed E-state index contributed by atoms with van der Waals surface area (Å²) in [6.07, 6.45) is 2.79. The summed E-state index contributed by atoms with van der Waals surface area (Å²) in [6, 6.07) is 3.16. The summed E-state index contributed by atoms with van der Waals surface area (Å²) in [5.41, 5.74) is 17.1. The summed E-state index contributed by atoms with van der Waals surface area (Å²) in [5.74, 6) is 0. The maximum Gasteiger partial charge on any atom is 0.0626 e. The Morgan fingerprint density at radius 2 is 1.33 bits per heavy atom. The zero-order valence-electron chi connectivity index (χ0n) is 16.1. The van der Waals surface area contributed by atoms with E-state index in [4.69, 9.17) is 11.5 Å². The molecule has 7 unspecified atom stereocenters. The van der Waals surface area contributed by atoms with Gasteiger partial charge in [0.25, 0.3) is 0 Å². The average molecular weight is 369 g/mol. The number of nitrogens with one attached hydrogen (secondary N) is 2. The third-order valence-electron chi connectivity index (χ3n) is 8.09. The molecule has 7 atom stereocenters. The van der Waals surface area contributed by atoms with Gasteiger partial charge in [0.15, 0.2) is 0 Å². The van der Waals surface area contributed by atoms with Crippen molar-refractivity contribution in [2.24, 2.45) is 11.5 Å². The molecule has 0 spiro atoms. The van der Waals surface area contributed by atoms with Crippen LogP contribution in [0.3, 0.4) is 0 Å². The molecule has 140 valence electrons. The Labute approximate surface area is 150 Å². The average Bonchev–Trinajstić information content (AvgIpc) is 3.48. The van der Waals surface area contributed by atoms with Gasteiger partial charge in [0.1, 0.15) is 0 Å². The van der Waals surface area contributed by atoms with E-state index in [1.807, 2.05) is 0 Å². The first-order valence-electron chi connectivity index (χ1n) is 10.4. The molecule has 4 nitrogen and oxygen atoms in total. The molecular formula is C18H40N4Si2. The number of hydrogen-bond donors (Lipinski definition) is 4. The third kappa shape index (κ3) is 3.18. The van der Waals surface area contributed by atoms with Gasteiger partial charge < -0.3 is 22.1 Å². The lowest BCUT2D eigenvalue weighted by atomic mass is 10.2. The fourth-order valence-corrected chi connectivity index (χ4v) is 21.9. The van der Waals surface area contributed by atoms with Crippen LogP contribution >= 0.6 is 0 Å². The molecule has 0 radical (unpaired) electrons. The quantitative estimate of drug-likeness (QED) is 0.297. The van der Waals surface area contributed by atoms with Gasteiger partial charge in [-0.3, -0.25) is 0 Å². The molecule has 3 heterocycles. The van der Waals surface area contributed by atoms with Gasteiger partial charge in [-0.1, -0.05) is 32.5 Å². The molecule has 3 aliphatic heterocycles. The minimum atomic E-state index is -0.918. The van der Waals surface area contributed by atoms with Crippen LogP contribution in [0.2, 0.25) is 46.3 Å². The standard InChI is InChI=1S/C18H40N4Si2/c1-14-16(23(14,3)12-4-8-21-10-6-19)18-17-15(2)24(17,18)13-5-9-22-11-7-20/h14-18,21-22H,4-13,19-20H2,1-3H3. The number of rotatable bonds is 13. The molecule has 0 aromatic rings. The smallest absolute Gasteiger partial charge is 0.0626 e. The first-order valence-corrected chi connectivity index (χ1v) is 15.7. The molecule has 24 heavy (non-hydrogen) atoms. The molecule has 0 aromatic heterocycles. The summed E-state index contributed by atoms with van der Waals surface area (Å²) >= 11 is 0. The highest BCUT2D eigenvalue weighted by atomic mass is 28.4. The molecule has 0 saturated carbocycles. The molecule has 6 N–H and O–H groups in total. The van der Waals surface area contributed by atoms with Crippen molar-refractivity contribution >= 4 is 16.1 Å². The zero-order valence-corrected chi connectivity index (χ0v) is 18.1. The van der Waals surface area contributed by atoms with Crippen LogP contribution in [-0.4, -0.2) is 55.4 Å². The van der Waals surface area contributed by atoms with E-state index in [1.54, 1.807) is 12.1 Å². The van der Waals surface area contributed by atoms with Crippen LogP contribution in [0.15, 0.2) is 0 Å². The van der Waals surface area contributed by atoms with Crippen LogP contribution in [0.25, 0.3) is 0 Å². The predicted octanol–water partition coefficient (Wildman–Crippen LogP) is 2.32. The Bertz CT molecular complexity index is 437. The van der Waals surface area contributed by atoms with E-state index in [1.165, 1.54) is 42.6 Å². The maximum atomic E-state index is 5.56. The van der Waals surface area contributed by atoms with Crippen molar-refractivity contribution in [2.45, 2.75) is 73.0 Å². The van der Waals surface area contributed by atoms with Gasteiger partial charge in [-0.2, -0.15) is 0 Å². The van der Waals surface area contributed by atoms with E-state index in [9.17, 15) is 0 Å². The van der Waals surface area contributed by atoms with E-state index >= 15 is 0 Å². The molecule has 3 aliphatic rings. The number of hydrogen-bond acceptors (Lipinski definition) is 4. The largest absolute Gasteiger partial charge is 0.329 e. The van der Waals surface area contributed by atoms with Gasteiger partial charge >= 0.3 is 0 Å². The molecule has 3 rings (SSSR count). The van der Waals surface area contributed by atoms with Gasteiger partial charge in [-0.05, 0) is 53.6 Å². The normalized spacial score (nSPS) is 45.1. The highest BCUT2D eigenvalue weighted by molar-refractivity contribution is 7.08. The van der Waals surface area contributed by atoms with Crippen molar-refractivity contribution in [2.75, 3.05) is 39.3 Å². The summed E-state index contributed by atoms with van der Waals surface area (Å²) in [5, 5.41) is 6.96. The van der Waals surface area contributed by atoms with E-state index < -0.39 is 16.1 Å². The van der Waals surface area contributed by atoms with E-state index in [2.05, 4.69) is 31.0 Å². The minimum Gasteiger partial charge on any atom is -0.329 e. The lowest BCUT2D eigenvalue weighted by molar-refractivity contribution is 0.672. The Morgan fingerprint density at radius 1 is 0.750 bits per heavy atom. The van der Waals surface area contributed by atoms with E-state index in [0.717, 1.165) is 37.3 Å². The fraction of sp³-hybridized carbons (Fsp3) is 1.00. The Balaban J connectivity index is 1.40. The zero-order chi connectivity index (χ0) is 17.4.